The Kier molecular flexibility index (Phi) is 6.61. The number of rotatable bonds is 6. The molecule has 0 bridgehead atoms. The minimum Gasteiger partial charge on any atom is -0.379 e. The van der Waals surface area contributed by atoms with E-state index >= 15 is 0 Å². The highest BCUT2D eigenvalue weighted by Gasteiger charge is 2.35. The topological polar surface area (TPSA) is 30.5 Å². The summed E-state index contributed by atoms with van der Waals surface area (Å²) in [7, 11) is 2.04. The van der Waals surface area contributed by atoms with E-state index in [-0.39, 0.29) is 0 Å². The summed E-state index contributed by atoms with van der Waals surface area (Å²) in [4.78, 5) is 0. The largest absolute Gasteiger partial charge is 0.379 e. The first-order chi connectivity index (χ1) is 8.49. The van der Waals surface area contributed by atoms with Gasteiger partial charge >= 0.3 is 0 Å². The van der Waals surface area contributed by atoms with Crippen molar-refractivity contribution in [2.24, 2.45) is 11.3 Å². The van der Waals surface area contributed by atoms with Crippen molar-refractivity contribution in [1.82, 2.24) is 5.32 Å². The molecule has 3 unspecified atom stereocenters. The molecule has 1 fully saturated rings. The van der Waals surface area contributed by atoms with Gasteiger partial charge in [0, 0.05) is 12.6 Å². The summed E-state index contributed by atoms with van der Waals surface area (Å²) < 4.78 is 11.4. The molecule has 108 valence electrons. The predicted octanol–water partition coefficient (Wildman–Crippen LogP) is 2.84. The van der Waals surface area contributed by atoms with Crippen molar-refractivity contribution >= 4 is 0 Å². The third-order valence-electron chi connectivity index (χ3n) is 4.15. The maximum absolute atomic E-state index is 6.03. The van der Waals surface area contributed by atoms with Crippen LogP contribution in [0.4, 0.5) is 0 Å². The average molecular weight is 257 g/mol. The van der Waals surface area contributed by atoms with E-state index in [2.05, 4.69) is 26.1 Å². The normalized spacial score (nSPS) is 29.5. The predicted molar refractivity (Wildman–Crippen MR) is 75.9 cm³/mol. The Morgan fingerprint density at radius 1 is 1.17 bits per heavy atom. The second-order valence-electron chi connectivity index (χ2n) is 6.38. The summed E-state index contributed by atoms with van der Waals surface area (Å²) >= 11 is 0. The molecule has 1 N–H and O–H groups in total. The zero-order valence-corrected chi connectivity index (χ0v) is 12.8. The summed E-state index contributed by atoms with van der Waals surface area (Å²) in [5.41, 5.74) is 0.389. The lowest BCUT2D eigenvalue weighted by Gasteiger charge is -2.41. The first kappa shape index (κ1) is 15.9. The fraction of sp³-hybridized carbons (Fsp3) is 1.00. The Balaban J connectivity index is 2.43. The van der Waals surface area contributed by atoms with Crippen molar-refractivity contribution in [1.29, 1.82) is 0 Å². The van der Waals surface area contributed by atoms with Crippen LogP contribution in [-0.4, -0.2) is 39.0 Å². The molecule has 0 heterocycles. The van der Waals surface area contributed by atoms with Gasteiger partial charge in [0.2, 0.25) is 0 Å². The van der Waals surface area contributed by atoms with Crippen LogP contribution in [0, 0.1) is 11.3 Å². The summed E-state index contributed by atoms with van der Waals surface area (Å²) in [6.07, 6.45) is 4.03. The standard InChI is InChI=1S/C15H31NO2/c1-6-17-9-10-18-14-11-12(15(2,3)4)7-8-13(14)16-5/h12-14,16H,6-11H2,1-5H3. The van der Waals surface area contributed by atoms with Gasteiger partial charge in [0.15, 0.2) is 0 Å². The molecule has 1 aliphatic carbocycles. The molecule has 18 heavy (non-hydrogen) atoms. The van der Waals surface area contributed by atoms with Gasteiger partial charge in [-0.05, 0) is 44.6 Å². The first-order valence-electron chi connectivity index (χ1n) is 7.35. The van der Waals surface area contributed by atoms with Crippen LogP contribution in [-0.2, 0) is 9.47 Å². The van der Waals surface area contributed by atoms with Crippen LogP contribution in [0.2, 0.25) is 0 Å². The van der Waals surface area contributed by atoms with Crippen LogP contribution in [0.5, 0.6) is 0 Å². The molecule has 1 saturated carbocycles. The van der Waals surface area contributed by atoms with Crippen molar-refractivity contribution in [3.63, 3.8) is 0 Å². The number of ether oxygens (including phenoxy) is 2. The molecule has 3 heteroatoms. The van der Waals surface area contributed by atoms with E-state index in [1.165, 1.54) is 19.3 Å². The van der Waals surface area contributed by atoms with Crippen molar-refractivity contribution < 1.29 is 9.47 Å². The monoisotopic (exact) mass is 257 g/mol. The molecule has 0 radical (unpaired) electrons. The van der Waals surface area contributed by atoms with E-state index in [9.17, 15) is 0 Å². The fourth-order valence-electron chi connectivity index (χ4n) is 2.83. The first-order valence-corrected chi connectivity index (χ1v) is 7.35. The lowest BCUT2D eigenvalue weighted by molar-refractivity contribution is -0.0459. The van der Waals surface area contributed by atoms with E-state index in [4.69, 9.17) is 9.47 Å². The summed E-state index contributed by atoms with van der Waals surface area (Å²) in [5, 5.41) is 3.40. The molecule has 0 aromatic carbocycles. The molecule has 1 aliphatic rings. The van der Waals surface area contributed by atoms with E-state index < -0.39 is 0 Å². The Labute approximate surface area is 113 Å². The van der Waals surface area contributed by atoms with Gasteiger partial charge in [-0.15, -0.1) is 0 Å². The molecular weight excluding hydrogens is 226 g/mol. The third kappa shape index (κ3) is 4.87. The van der Waals surface area contributed by atoms with Gasteiger partial charge in [-0.3, -0.25) is 0 Å². The average Bonchev–Trinajstić information content (AvgIpc) is 2.33. The molecule has 3 nitrogen and oxygen atoms in total. The van der Waals surface area contributed by atoms with E-state index in [0.717, 1.165) is 12.5 Å². The maximum atomic E-state index is 6.03. The zero-order chi connectivity index (χ0) is 13.6. The highest BCUT2D eigenvalue weighted by atomic mass is 16.5. The lowest BCUT2D eigenvalue weighted by atomic mass is 9.70. The molecule has 3 atom stereocenters. The second-order valence-corrected chi connectivity index (χ2v) is 6.38. The van der Waals surface area contributed by atoms with Crippen LogP contribution >= 0.6 is 0 Å². The van der Waals surface area contributed by atoms with E-state index in [1.54, 1.807) is 0 Å². The van der Waals surface area contributed by atoms with Crippen LogP contribution < -0.4 is 5.32 Å². The number of hydrogen-bond acceptors (Lipinski definition) is 3. The zero-order valence-electron chi connectivity index (χ0n) is 12.8. The van der Waals surface area contributed by atoms with E-state index in [0.29, 0.717) is 30.8 Å². The van der Waals surface area contributed by atoms with Crippen LogP contribution in [0.3, 0.4) is 0 Å². The number of hydrogen-bond donors (Lipinski definition) is 1. The molecule has 0 amide bonds. The highest BCUT2D eigenvalue weighted by Crippen LogP contribution is 2.38. The molecule has 0 saturated heterocycles. The summed E-state index contributed by atoms with van der Waals surface area (Å²) in [6, 6.07) is 0.505. The van der Waals surface area contributed by atoms with Gasteiger partial charge in [0.1, 0.15) is 0 Å². The fourth-order valence-corrected chi connectivity index (χ4v) is 2.83. The van der Waals surface area contributed by atoms with Crippen molar-refractivity contribution in [2.45, 2.75) is 59.1 Å². The van der Waals surface area contributed by atoms with Gasteiger partial charge in [-0.2, -0.15) is 0 Å². The molecular formula is C15H31NO2. The van der Waals surface area contributed by atoms with Crippen molar-refractivity contribution in [2.75, 3.05) is 26.9 Å². The second kappa shape index (κ2) is 7.46. The highest BCUT2D eigenvalue weighted by molar-refractivity contribution is 4.89. The van der Waals surface area contributed by atoms with E-state index in [1.807, 2.05) is 14.0 Å². The molecule has 0 spiro atoms. The lowest BCUT2D eigenvalue weighted by Crippen LogP contribution is -2.46. The molecule has 0 aromatic rings. The molecule has 1 rings (SSSR count). The minimum atomic E-state index is 0.341. The van der Waals surface area contributed by atoms with Gasteiger partial charge in [0.05, 0.1) is 19.3 Å². The number of nitrogens with one attached hydrogen (secondary N) is 1. The minimum absolute atomic E-state index is 0.341. The van der Waals surface area contributed by atoms with Gasteiger partial charge in [0.25, 0.3) is 0 Å². The quantitative estimate of drug-likeness (QED) is 0.742. The van der Waals surface area contributed by atoms with Gasteiger partial charge < -0.3 is 14.8 Å². The van der Waals surface area contributed by atoms with Gasteiger partial charge in [-0.25, -0.2) is 0 Å². The molecule has 0 aliphatic heterocycles. The SMILES string of the molecule is CCOCCOC1CC(C(C)(C)C)CCC1NC. The Morgan fingerprint density at radius 2 is 1.89 bits per heavy atom. The molecule has 0 aromatic heterocycles. The Morgan fingerprint density at radius 3 is 2.44 bits per heavy atom. The Hall–Kier alpha value is -0.120. The van der Waals surface area contributed by atoms with Crippen molar-refractivity contribution in [3.05, 3.63) is 0 Å². The smallest absolute Gasteiger partial charge is 0.0731 e. The van der Waals surface area contributed by atoms with Crippen LogP contribution in [0.15, 0.2) is 0 Å². The third-order valence-corrected chi connectivity index (χ3v) is 4.15. The Bertz CT molecular complexity index is 225. The van der Waals surface area contributed by atoms with Crippen LogP contribution in [0.25, 0.3) is 0 Å². The number of likely N-dealkylation sites (N-methyl/N-ethyl adjacent to an activating group) is 1. The maximum Gasteiger partial charge on any atom is 0.0731 e. The van der Waals surface area contributed by atoms with Crippen molar-refractivity contribution in [3.8, 4) is 0 Å². The summed E-state index contributed by atoms with van der Waals surface area (Å²) in [5.74, 6) is 0.763. The summed E-state index contributed by atoms with van der Waals surface area (Å²) in [6.45, 7) is 11.2. The van der Waals surface area contributed by atoms with Gasteiger partial charge in [-0.1, -0.05) is 20.8 Å². The van der Waals surface area contributed by atoms with Crippen LogP contribution in [0.1, 0.15) is 47.0 Å².